The molecule has 1 atom stereocenters. The maximum Gasteiger partial charge on any atom is 0.256 e. The lowest BCUT2D eigenvalue weighted by molar-refractivity contribution is -0.130. The third kappa shape index (κ3) is 3.09. The molecule has 0 bridgehead atoms. The topological polar surface area (TPSA) is 71.5 Å². The summed E-state index contributed by atoms with van der Waals surface area (Å²) in [7, 11) is 1.54. The number of likely N-dealkylation sites (tertiary alicyclic amines) is 1. The Balaban J connectivity index is 1.75. The van der Waals surface area contributed by atoms with E-state index in [4.69, 9.17) is 4.74 Å². The Morgan fingerprint density at radius 3 is 2.67 bits per heavy atom. The Hall–Kier alpha value is -2.11. The van der Waals surface area contributed by atoms with E-state index < -0.39 is 5.54 Å². The van der Waals surface area contributed by atoms with Gasteiger partial charge in [0, 0.05) is 24.8 Å². The smallest absolute Gasteiger partial charge is 0.256 e. The largest absolute Gasteiger partial charge is 0.481 e. The minimum absolute atomic E-state index is 0.0262. The monoisotopic (exact) mass is 331 g/mol. The van der Waals surface area contributed by atoms with Crippen molar-refractivity contribution >= 4 is 11.8 Å². The summed E-state index contributed by atoms with van der Waals surface area (Å²) < 4.78 is 5.03. The first kappa shape index (κ1) is 16.7. The molecule has 24 heavy (non-hydrogen) atoms. The highest BCUT2D eigenvalue weighted by Crippen LogP contribution is 2.31. The average molecular weight is 331 g/mol. The SMILES string of the molecule is COc1ccc(C(=O)N2CCCC2(C)C(=O)NC2CCCC2)cn1. The molecule has 2 amide bonds. The summed E-state index contributed by atoms with van der Waals surface area (Å²) in [5, 5.41) is 3.15. The molecular formula is C18H25N3O3. The van der Waals surface area contributed by atoms with Crippen molar-refractivity contribution in [1.82, 2.24) is 15.2 Å². The van der Waals surface area contributed by atoms with Crippen LogP contribution < -0.4 is 10.1 Å². The molecule has 1 saturated carbocycles. The molecule has 1 unspecified atom stereocenters. The van der Waals surface area contributed by atoms with Gasteiger partial charge in [-0.3, -0.25) is 9.59 Å². The molecule has 2 fully saturated rings. The number of hydrogen-bond acceptors (Lipinski definition) is 4. The first-order chi connectivity index (χ1) is 11.5. The Morgan fingerprint density at radius 1 is 1.29 bits per heavy atom. The van der Waals surface area contributed by atoms with Crippen LogP contribution in [0.5, 0.6) is 5.88 Å². The predicted octanol–water partition coefficient (Wildman–Crippen LogP) is 2.14. The second kappa shape index (κ2) is 6.79. The first-order valence-electron chi connectivity index (χ1n) is 8.67. The standard InChI is InChI=1S/C18H25N3O3/c1-18(17(23)20-14-6-3-4-7-14)10-5-11-21(18)16(22)13-8-9-15(24-2)19-12-13/h8-9,12,14H,3-7,10-11H2,1-2H3,(H,20,23). The fourth-order valence-corrected chi connectivity index (χ4v) is 3.72. The molecule has 1 aromatic heterocycles. The van der Waals surface area contributed by atoms with Crippen molar-refractivity contribution in [3.63, 3.8) is 0 Å². The van der Waals surface area contributed by atoms with Crippen LogP contribution in [0.4, 0.5) is 0 Å². The number of carbonyl (C=O) groups excluding carboxylic acids is 2. The van der Waals surface area contributed by atoms with Gasteiger partial charge in [-0.2, -0.15) is 0 Å². The molecule has 2 aliphatic rings. The van der Waals surface area contributed by atoms with Crippen LogP contribution in [0.3, 0.4) is 0 Å². The first-order valence-corrected chi connectivity index (χ1v) is 8.67. The van der Waals surface area contributed by atoms with E-state index in [0.29, 0.717) is 24.4 Å². The van der Waals surface area contributed by atoms with Crippen LogP contribution in [0.15, 0.2) is 18.3 Å². The Labute approximate surface area is 142 Å². The van der Waals surface area contributed by atoms with Gasteiger partial charge in [0.05, 0.1) is 12.7 Å². The number of amides is 2. The van der Waals surface area contributed by atoms with E-state index in [1.165, 1.54) is 26.1 Å². The number of nitrogens with one attached hydrogen (secondary N) is 1. The molecule has 1 N–H and O–H groups in total. The summed E-state index contributed by atoms with van der Waals surface area (Å²) in [6.45, 7) is 2.47. The van der Waals surface area contributed by atoms with E-state index in [2.05, 4.69) is 10.3 Å². The van der Waals surface area contributed by atoms with E-state index >= 15 is 0 Å². The number of methoxy groups -OCH3 is 1. The van der Waals surface area contributed by atoms with Gasteiger partial charge < -0.3 is 15.0 Å². The fourth-order valence-electron chi connectivity index (χ4n) is 3.72. The number of aromatic nitrogens is 1. The molecule has 2 heterocycles. The third-order valence-corrected chi connectivity index (χ3v) is 5.26. The minimum atomic E-state index is -0.778. The molecule has 6 heteroatoms. The highest BCUT2D eigenvalue weighted by atomic mass is 16.5. The van der Waals surface area contributed by atoms with Gasteiger partial charge in [-0.25, -0.2) is 4.98 Å². The second-order valence-electron chi connectivity index (χ2n) is 6.88. The van der Waals surface area contributed by atoms with E-state index in [1.54, 1.807) is 17.0 Å². The molecule has 1 saturated heterocycles. The van der Waals surface area contributed by atoms with Crippen molar-refractivity contribution in [1.29, 1.82) is 0 Å². The molecule has 0 radical (unpaired) electrons. The summed E-state index contributed by atoms with van der Waals surface area (Å²) in [6, 6.07) is 3.62. The molecule has 130 valence electrons. The molecule has 1 aliphatic heterocycles. The van der Waals surface area contributed by atoms with E-state index in [-0.39, 0.29) is 17.9 Å². The fraction of sp³-hybridized carbons (Fsp3) is 0.611. The van der Waals surface area contributed by atoms with Crippen LogP contribution in [0.2, 0.25) is 0 Å². The maximum atomic E-state index is 12.9. The van der Waals surface area contributed by atoms with Crippen LogP contribution in [-0.2, 0) is 4.79 Å². The van der Waals surface area contributed by atoms with Crippen molar-refractivity contribution in [2.45, 2.75) is 57.0 Å². The third-order valence-electron chi connectivity index (χ3n) is 5.26. The number of hydrogen-bond donors (Lipinski definition) is 1. The van der Waals surface area contributed by atoms with Gasteiger partial charge in [-0.1, -0.05) is 12.8 Å². The molecule has 6 nitrogen and oxygen atoms in total. The summed E-state index contributed by atoms with van der Waals surface area (Å²) in [6.07, 6.45) is 7.46. The van der Waals surface area contributed by atoms with Gasteiger partial charge in [-0.15, -0.1) is 0 Å². The minimum Gasteiger partial charge on any atom is -0.481 e. The Bertz CT molecular complexity index is 610. The van der Waals surface area contributed by atoms with E-state index in [0.717, 1.165) is 19.3 Å². The summed E-state index contributed by atoms with van der Waals surface area (Å²) >= 11 is 0. The number of rotatable bonds is 4. The zero-order valence-corrected chi connectivity index (χ0v) is 14.4. The van der Waals surface area contributed by atoms with Crippen LogP contribution in [-0.4, -0.2) is 46.9 Å². The van der Waals surface area contributed by atoms with Gasteiger partial charge >= 0.3 is 0 Å². The second-order valence-corrected chi connectivity index (χ2v) is 6.88. The number of carbonyl (C=O) groups is 2. The quantitative estimate of drug-likeness (QED) is 0.917. The Morgan fingerprint density at radius 2 is 2.04 bits per heavy atom. The molecular weight excluding hydrogens is 306 g/mol. The lowest BCUT2D eigenvalue weighted by Crippen LogP contribution is -2.56. The zero-order valence-electron chi connectivity index (χ0n) is 14.4. The maximum absolute atomic E-state index is 12.9. The van der Waals surface area contributed by atoms with Gasteiger partial charge in [0.2, 0.25) is 11.8 Å². The van der Waals surface area contributed by atoms with Crippen LogP contribution in [0.1, 0.15) is 55.8 Å². The average Bonchev–Trinajstić information content (AvgIpc) is 3.24. The summed E-state index contributed by atoms with van der Waals surface area (Å²) in [5.41, 5.74) is -0.294. The molecule has 0 spiro atoms. The van der Waals surface area contributed by atoms with Crippen molar-refractivity contribution in [3.8, 4) is 5.88 Å². The molecule has 3 rings (SSSR count). The van der Waals surface area contributed by atoms with Gasteiger partial charge in [-0.05, 0) is 38.7 Å². The zero-order chi connectivity index (χ0) is 17.2. The molecule has 0 aromatic carbocycles. The van der Waals surface area contributed by atoms with Crippen molar-refractivity contribution in [2.75, 3.05) is 13.7 Å². The van der Waals surface area contributed by atoms with Gasteiger partial charge in [0.1, 0.15) is 5.54 Å². The van der Waals surface area contributed by atoms with Crippen molar-refractivity contribution < 1.29 is 14.3 Å². The van der Waals surface area contributed by atoms with Crippen LogP contribution in [0.25, 0.3) is 0 Å². The van der Waals surface area contributed by atoms with Crippen molar-refractivity contribution in [2.24, 2.45) is 0 Å². The van der Waals surface area contributed by atoms with Gasteiger partial charge in [0.15, 0.2) is 0 Å². The number of nitrogens with zero attached hydrogens (tertiary/aromatic N) is 2. The molecule has 1 aromatic rings. The predicted molar refractivity (Wildman–Crippen MR) is 89.9 cm³/mol. The van der Waals surface area contributed by atoms with Gasteiger partial charge in [0.25, 0.3) is 5.91 Å². The van der Waals surface area contributed by atoms with E-state index in [9.17, 15) is 9.59 Å². The lowest BCUT2D eigenvalue weighted by Gasteiger charge is -2.35. The van der Waals surface area contributed by atoms with Crippen LogP contribution in [0, 0.1) is 0 Å². The molecule has 1 aliphatic carbocycles. The lowest BCUT2D eigenvalue weighted by atomic mass is 9.96. The summed E-state index contributed by atoms with van der Waals surface area (Å²) in [5.74, 6) is 0.295. The summed E-state index contributed by atoms with van der Waals surface area (Å²) in [4.78, 5) is 31.5. The number of ether oxygens (including phenoxy) is 1. The number of pyridine rings is 1. The highest BCUT2D eigenvalue weighted by molar-refractivity contribution is 5.99. The highest BCUT2D eigenvalue weighted by Gasteiger charge is 2.46. The Kier molecular flexibility index (Phi) is 4.73. The normalized spacial score (nSPS) is 24.2. The van der Waals surface area contributed by atoms with Crippen LogP contribution >= 0.6 is 0 Å². The van der Waals surface area contributed by atoms with E-state index in [1.807, 2.05) is 6.92 Å². The van der Waals surface area contributed by atoms with Crippen molar-refractivity contribution in [3.05, 3.63) is 23.9 Å².